The van der Waals surface area contributed by atoms with Crippen molar-refractivity contribution in [3.05, 3.63) is 58.4 Å². The normalized spacial score (nSPS) is 12.2. The van der Waals surface area contributed by atoms with Gasteiger partial charge in [-0.25, -0.2) is 0 Å². The summed E-state index contributed by atoms with van der Waals surface area (Å²) in [7, 11) is 1.62. The molecule has 0 saturated heterocycles. The fraction of sp³-hybridized carbons (Fsp3) is 0.312. The molecule has 0 aliphatic heterocycles. The zero-order chi connectivity index (χ0) is 14.5. The molecule has 0 amide bonds. The highest BCUT2D eigenvalue weighted by Gasteiger charge is 2.16. The molecule has 1 heterocycles. The second kappa shape index (κ2) is 6.73. The van der Waals surface area contributed by atoms with Crippen molar-refractivity contribution >= 4 is 11.6 Å². The van der Waals surface area contributed by atoms with Crippen LogP contribution in [0.3, 0.4) is 0 Å². The maximum atomic E-state index is 6.09. The van der Waals surface area contributed by atoms with E-state index < -0.39 is 0 Å². The van der Waals surface area contributed by atoms with Gasteiger partial charge < -0.3 is 10.1 Å². The molecule has 1 aromatic carbocycles. The third kappa shape index (κ3) is 3.30. The molecule has 0 saturated carbocycles. The quantitative estimate of drug-likeness (QED) is 0.910. The van der Waals surface area contributed by atoms with Gasteiger partial charge in [-0.15, -0.1) is 0 Å². The van der Waals surface area contributed by atoms with Gasteiger partial charge in [0.25, 0.3) is 0 Å². The van der Waals surface area contributed by atoms with Crippen LogP contribution in [0.2, 0.25) is 5.02 Å². The predicted molar refractivity (Wildman–Crippen MR) is 82.5 cm³/mol. The molecule has 0 aliphatic carbocycles. The van der Waals surface area contributed by atoms with Crippen molar-refractivity contribution in [2.45, 2.75) is 19.9 Å². The van der Waals surface area contributed by atoms with Crippen molar-refractivity contribution in [2.75, 3.05) is 13.7 Å². The van der Waals surface area contributed by atoms with Gasteiger partial charge in [0.2, 0.25) is 0 Å². The number of rotatable bonds is 5. The molecule has 3 nitrogen and oxygen atoms in total. The summed E-state index contributed by atoms with van der Waals surface area (Å²) >= 11 is 6.09. The number of aryl methyl sites for hydroxylation is 1. The molecule has 0 fully saturated rings. The van der Waals surface area contributed by atoms with E-state index in [2.05, 4.69) is 30.2 Å². The summed E-state index contributed by atoms with van der Waals surface area (Å²) in [6, 6.07) is 9.94. The highest BCUT2D eigenvalue weighted by Crippen LogP contribution is 2.30. The van der Waals surface area contributed by atoms with E-state index in [1.807, 2.05) is 30.5 Å². The molecule has 0 bridgehead atoms. The molecule has 20 heavy (non-hydrogen) atoms. The van der Waals surface area contributed by atoms with E-state index in [9.17, 15) is 0 Å². The van der Waals surface area contributed by atoms with Gasteiger partial charge in [0.1, 0.15) is 5.75 Å². The van der Waals surface area contributed by atoms with E-state index in [-0.39, 0.29) is 6.04 Å². The average Bonchev–Trinajstić information content (AvgIpc) is 2.45. The minimum Gasteiger partial charge on any atom is -0.495 e. The fourth-order valence-corrected chi connectivity index (χ4v) is 2.37. The number of nitrogens with one attached hydrogen (secondary N) is 1. The SMILES string of the molecule is CCNC(c1ccc(Cl)c(OC)c1)c1cc(C)ccn1. The van der Waals surface area contributed by atoms with Gasteiger partial charge in [-0.3, -0.25) is 4.98 Å². The summed E-state index contributed by atoms with van der Waals surface area (Å²) in [5.74, 6) is 0.680. The first-order valence-electron chi connectivity index (χ1n) is 6.65. The number of hydrogen-bond donors (Lipinski definition) is 1. The molecular formula is C16H19ClN2O. The van der Waals surface area contributed by atoms with Crippen LogP contribution in [0.5, 0.6) is 5.75 Å². The van der Waals surface area contributed by atoms with E-state index in [1.54, 1.807) is 7.11 Å². The topological polar surface area (TPSA) is 34.1 Å². The van der Waals surface area contributed by atoms with Crippen molar-refractivity contribution in [3.63, 3.8) is 0 Å². The van der Waals surface area contributed by atoms with Crippen LogP contribution in [0.1, 0.15) is 29.8 Å². The first-order chi connectivity index (χ1) is 9.65. The van der Waals surface area contributed by atoms with Crippen LogP contribution in [0.25, 0.3) is 0 Å². The highest BCUT2D eigenvalue weighted by molar-refractivity contribution is 6.32. The molecule has 0 spiro atoms. The van der Waals surface area contributed by atoms with Crippen molar-refractivity contribution in [1.29, 1.82) is 0 Å². The van der Waals surface area contributed by atoms with Gasteiger partial charge in [-0.05, 0) is 48.9 Å². The minimum absolute atomic E-state index is 0.0334. The van der Waals surface area contributed by atoms with Crippen LogP contribution in [-0.4, -0.2) is 18.6 Å². The summed E-state index contributed by atoms with van der Waals surface area (Å²) in [4.78, 5) is 4.48. The third-order valence-electron chi connectivity index (χ3n) is 3.15. The first kappa shape index (κ1) is 14.8. The lowest BCUT2D eigenvalue weighted by Gasteiger charge is -2.19. The van der Waals surface area contributed by atoms with E-state index in [0.717, 1.165) is 17.8 Å². The minimum atomic E-state index is 0.0334. The van der Waals surface area contributed by atoms with Crippen molar-refractivity contribution in [1.82, 2.24) is 10.3 Å². The lowest BCUT2D eigenvalue weighted by Crippen LogP contribution is -2.23. The maximum absolute atomic E-state index is 6.09. The molecule has 1 aromatic heterocycles. The number of benzene rings is 1. The Balaban J connectivity index is 2.42. The Morgan fingerprint density at radius 3 is 2.75 bits per heavy atom. The Hall–Kier alpha value is -1.58. The smallest absolute Gasteiger partial charge is 0.137 e. The molecule has 4 heteroatoms. The largest absolute Gasteiger partial charge is 0.495 e. The van der Waals surface area contributed by atoms with Crippen LogP contribution in [0, 0.1) is 6.92 Å². The van der Waals surface area contributed by atoms with Crippen molar-refractivity contribution < 1.29 is 4.74 Å². The van der Waals surface area contributed by atoms with Crippen LogP contribution >= 0.6 is 11.6 Å². The predicted octanol–water partition coefficient (Wildman–Crippen LogP) is 3.75. The third-order valence-corrected chi connectivity index (χ3v) is 3.46. The molecule has 2 aromatic rings. The maximum Gasteiger partial charge on any atom is 0.137 e. The van der Waals surface area contributed by atoms with E-state index in [4.69, 9.17) is 16.3 Å². The number of methoxy groups -OCH3 is 1. The van der Waals surface area contributed by atoms with E-state index >= 15 is 0 Å². The summed E-state index contributed by atoms with van der Waals surface area (Å²) in [6.45, 7) is 5.00. The standard InChI is InChI=1S/C16H19ClN2O/c1-4-18-16(14-9-11(2)7-8-19-14)12-5-6-13(17)15(10-12)20-3/h5-10,16,18H,4H2,1-3H3. The van der Waals surface area contributed by atoms with Gasteiger partial charge in [-0.2, -0.15) is 0 Å². The Kier molecular flexibility index (Phi) is 4.99. The van der Waals surface area contributed by atoms with Gasteiger partial charge in [0.05, 0.1) is 23.9 Å². The Bertz CT molecular complexity index is 586. The van der Waals surface area contributed by atoms with Crippen LogP contribution in [0.4, 0.5) is 0 Å². The fourth-order valence-electron chi connectivity index (χ4n) is 2.17. The van der Waals surface area contributed by atoms with Crippen LogP contribution < -0.4 is 10.1 Å². The number of hydrogen-bond acceptors (Lipinski definition) is 3. The zero-order valence-corrected chi connectivity index (χ0v) is 12.7. The van der Waals surface area contributed by atoms with E-state index in [1.165, 1.54) is 5.56 Å². The van der Waals surface area contributed by atoms with Crippen LogP contribution in [0.15, 0.2) is 36.5 Å². The number of nitrogens with zero attached hydrogens (tertiary/aromatic N) is 1. The van der Waals surface area contributed by atoms with Gasteiger partial charge in [0, 0.05) is 6.20 Å². The first-order valence-corrected chi connectivity index (χ1v) is 7.03. The molecule has 0 radical (unpaired) electrons. The highest BCUT2D eigenvalue weighted by atomic mass is 35.5. The molecule has 1 N–H and O–H groups in total. The van der Waals surface area contributed by atoms with Crippen LogP contribution in [-0.2, 0) is 0 Å². The number of ether oxygens (including phenoxy) is 1. The van der Waals surface area contributed by atoms with Crippen molar-refractivity contribution in [3.8, 4) is 5.75 Å². The number of halogens is 1. The number of aromatic nitrogens is 1. The molecule has 106 valence electrons. The number of pyridine rings is 1. The van der Waals surface area contributed by atoms with Gasteiger partial charge in [0.15, 0.2) is 0 Å². The summed E-state index contributed by atoms with van der Waals surface area (Å²) < 4.78 is 5.29. The molecule has 0 aliphatic rings. The van der Waals surface area contributed by atoms with E-state index in [0.29, 0.717) is 10.8 Å². The monoisotopic (exact) mass is 290 g/mol. The summed E-state index contributed by atoms with van der Waals surface area (Å²) in [5, 5.41) is 4.07. The Morgan fingerprint density at radius 1 is 1.30 bits per heavy atom. The lowest BCUT2D eigenvalue weighted by atomic mass is 10.0. The van der Waals surface area contributed by atoms with Gasteiger partial charge >= 0.3 is 0 Å². The second-order valence-corrected chi connectivity index (χ2v) is 5.05. The molecule has 1 atom stereocenters. The van der Waals surface area contributed by atoms with Gasteiger partial charge in [-0.1, -0.05) is 24.6 Å². The van der Waals surface area contributed by atoms with Crippen molar-refractivity contribution in [2.24, 2.45) is 0 Å². The summed E-state index contributed by atoms with van der Waals surface area (Å²) in [5.41, 5.74) is 3.28. The molecule has 1 unspecified atom stereocenters. The summed E-state index contributed by atoms with van der Waals surface area (Å²) in [6.07, 6.45) is 1.84. The zero-order valence-electron chi connectivity index (χ0n) is 12.0. The molecular weight excluding hydrogens is 272 g/mol. The lowest BCUT2D eigenvalue weighted by molar-refractivity contribution is 0.414. The molecule has 2 rings (SSSR count). The second-order valence-electron chi connectivity index (χ2n) is 4.64. The Labute approximate surface area is 124 Å². The average molecular weight is 291 g/mol. The Morgan fingerprint density at radius 2 is 2.10 bits per heavy atom.